The number of rotatable bonds is 3. The zero-order valence-electron chi connectivity index (χ0n) is 11.8. The van der Waals surface area contributed by atoms with E-state index in [9.17, 15) is 14.4 Å². The van der Waals surface area contributed by atoms with E-state index in [4.69, 9.17) is 9.25 Å². The normalized spacial score (nSPS) is 13.5. The molecule has 2 aromatic rings. The molecule has 3 rings (SSSR count). The quantitative estimate of drug-likeness (QED) is 0.640. The number of carbonyl (C=O) groups is 3. The van der Waals surface area contributed by atoms with Crippen LogP contribution in [0.5, 0.6) is 0 Å². The average molecular weight is 317 g/mol. The van der Waals surface area contributed by atoms with E-state index in [0.717, 1.165) is 0 Å². The minimum atomic E-state index is -0.882. The van der Waals surface area contributed by atoms with Crippen LogP contribution in [0.2, 0.25) is 0 Å². The first kappa shape index (κ1) is 14.4. The molecular weight excluding hydrogens is 306 g/mol. The lowest BCUT2D eigenvalue weighted by Crippen LogP contribution is -2.32. The molecule has 7 heteroatoms. The number of hydroxylamine groups is 2. The third kappa shape index (κ3) is 2.19. The van der Waals surface area contributed by atoms with Gasteiger partial charge < -0.3 is 9.25 Å². The Balaban J connectivity index is 1.85. The summed E-state index contributed by atoms with van der Waals surface area (Å²) in [5.41, 5.74) is 0.994. The van der Waals surface area contributed by atoms with Crippen molar-refractivity contribution in [1.29, 1.82) is 0 Å². The van der Waals surface area contributed by atoms with Gasteiger partial charge in [0.15, 0.2) is 5.09 Å². The molecule has 112 valence electrons. The molecule has 1 aromatic heterocycles. The van der Waals surface area contributed by atoms with Gasteiger partial charge in [-0.25, -0.2) is 4.79 Å². The molecule has 0 bridgehead atoms. The van der Waals surface area contributed by atoms with Crippen molar-refractivity contribution in [2.45, 2.75) is 12.0 Å². The van der Waals surface area contributed by atoms with Gasteiger partial charge in [0.05, 0.1) is 11.1 Å². The second kappa shape index (κ2) is 5.34. The molecule has 6 nitrogen and oxygen atoms in total. The smallest absolute Gasteiger partial charge is 0.399 e. The maximum atomic E-state index is 12.1. The van der Waals surface area contributed by atoms with Gasteiger partial charge in [0.2, 0.25) is 5.76 Å². The van der Waals surface area contributed by atoms with Gasteiger partial charge in [-0.1, -0.05) is 29.0 Å². The average Bonchev–Trinajstić information content (AvgIpc) is 3.01. The van der Waals surface area contributed by atoms with E-state index < -0.39 is 17.8 Å². The molecule has 1 aliphatic heterocycles. The maximum absolute atomic E-state index is 12.1. The molecule has 2 heterocycles. The second-order valence-corrected chi connectivity index (χ2v) is 5.42. The molecular formula is C15H11NO5S. The van der Waals surface area contributed by atoms with Crippen molar-refractivity contribution >= 4 is 29.5 Å². The molecule has 0 aliphatic carbocycles. The van der Waals surface area contributed by atoms with E-state index in [1.807, 2.05) is 0 Å². The van der Waals surface area contributed by atoms with Crippen LogP contribution >= 0.6 is 11.8 Å². The van der Waals surface area contributed by atoms with Crippen molar-refractivity contribution < 1.29 is 23.6 Å². The highest BCUT2D eigenvalue weighted by Gasteiger charge is 2.39. The van der Waals surface area contributed by atoms with E-state index >= 15 is 0 Å². The molecule has 22 heavy (non-hydrogen) atoms. The summed E-state index contributed by atoms with van der Waals surface area (Å²) in [6.45, 7) is 1.68. The summed E-state index contributed by atoms with van der Waals surface area (Å²) < 4.78 is 5.32. The van der Waals surface area contributed by atoms with E-state index in [0.29, 0.717) is 15.7 Å². The lowest BCUT2D eigenvalue weighted by molar-refractivity contribution is -0.0606. The number of carbonyl (C=O) groups excluding carboxylic acids is 3. The summed E-state index contributed by atoms with van der Waals surface area (Å²) in [7, 11) is 0. The molecule has 0 unspecified atom stereocenters. The Kier molecular flexibility index (Phi) is 3.50. The van der Waals surface area contributed by atoms with Crippen LogP contribution in [-0.2, 0) is 4.84 Å². The number of nitrogens with zero attached hydrogens (tertiary/aromatic N) is 1. The molecule has 0 saturated heterocycles. The van der Waals surface area contributed by atoms with E-state index in [-0.39, 0.29) is 16.9 Å². The topological polar surface area (TPSA) is 76.8 Å². The van der Waals surface area contributed by atoms with Gasteiger partial charge >= 0.3 is 5.97 Å². The Bertz CT molecular complexity index is 760. The zero-order chi connectivity index (χ0) is 15.9. The first-order chi connectivity index (χ1) is 10.5. The summed E-state index contributed by atoms with van der Waals surface area (Å²) in [6, 6.07) is 7.97. The van der Waals surface area contributed by atoms with Gasteiger partial charge in [-0.05, 0) is 31.4 Å². The second-order valence-electron chi connectivity index (χ2n) is 4.61. The van der Waals surface area contributed by atoms with Crippen LogP contribution in [0.3, 0.4) is 0 Å². The molecule has 0 fully saturated rings. The number of furan rings is 1. The molecule has 0 saturated carbocycles. The number of fused-ring (bicyclic) bond motifs is 1. The molecule has 0 atom stereocenters. The Hall–Kier alpha value is -2.54. The van der Waals surface area contributed by atoms with Gasteiger partial charge in [0, 0.05) is 5.56 Å². The minimum absolute atomic E-state index is 0.0269. The van der Waals surface area contributed by atoms with Gasteiger partial charge in [-0.2, -0.15) is 0 Å². The third-order valence-corrected chi connectivity index (χ3v) is 3.82. The van der Waals surface area contributed by atoms with Crippen molar-refractivity contribution in [2.24, 2.45) is 0 Å². The zero-order valence-corrected chi connectivity index (χ0v) is 12.6. The van der Waals surface area contributed by atoms with Crippen molar-refractivity contribution in [3.63, 3.8) is 0 Å². The number of benzene rings is 1. The Morgan fingerprint density at radius 1 is 1.18 bits per heavy atom. The molecule has 0 spiro atoms. The summed E-state index contributed by atoms with van der Waals surface area (Å²) in [5.74, 6) is -2.24. The first-order valence-electron chi connectivity index (χ1n) is 6.37. The van der Waals surface area contributed by atoms with E-state index in [1.54, 1.807) is 31.4 Å². The van der Waals surface area contributed by atoms with Gasteiger partial charge in [0.1, 0.15) is 0 Å². The highest BCUT2D eigenvalue weighted by molar-refractivity contribution is 7.98. The Morgan fingerprint density at radius 2 is 1.77 bits per heavy atom. The summed E-state index contributed by atoms with van der Waals surface area (Å²) in [4.78, 5) is 41.3. The molecule has 0 N–H and O–H groups in total. The van der Waals surface area contributed by atoms with Crippen LogP contribution in [-0.4, -0.2) is 29.1 Å². The molecule has 0 radical (unpaired) electrons. The first-order valence-corrected chi connectivity index (χ1v) is 7.60. The monoisotopic (exact) mass is 317 g/mol. The van der Waals surface area contributed by atoms with E-state index in [2.05, 4.69) is 0 Å². The fraction of sp³-hybridized carbons (Fsp3) is 0.133. The van der Waals surface area contributed by atoms with Crippen molar-refractivity contribution in [3.8, 4) is 0 Å². The van der Waals surface area contributed by atoms with Crippen LogP contribution in [0, 0.1) is 6.92 Å². The maximum Gasteiger partial charge on any atom is 0.399 e. The van der Waals surface area contributed by atoms with Crippen LogP contribution in [0.1, 0.15) is 36.8 Å². The number of thioether (sulfide) groups is 1. The van der Waals surface area contributed by atoms with Crippen molar-refractivity contribution in [2.75, 3.05) is 6.26 Å². The lowest BCUT2D eigenvalue weighted by atomic mass is 10.1. The molecule has 1 aromatic carbocycles. The Morgan fingerprint density at radius 3 is 2.27 bits per heavy atom. The third-order valence-electron chi connectivity index (χ3n) is 3.21. The summed E-state index contributed by atoms with van der Waals surface area (Å²) in [5, 5.41) is 1.01. The largest absolute Gasteiger partial charge is 0.442 e. The number of amides is 2. The predicted molar refractivity (Wildman–Crippen MR) is 77.6 cm³/mol. The van der Waals surface area contributed by atoms with Crippen LogP contribution < -0.4 is 0 Å². The predicted octanol–water partition coefficient (Wildman–Crippen LogP) is 2.68. The van der Waals surface area contributed by atoms with Gasteiger partial charge in [0.25, 0.3) is 11.8 Å². The highest BCUT2D eigenvalue weighted by atomic mass is 32.2. The SMILES string of the molecule is CSc1cc(C)c(C(=O)ON2C(=O)c3ccccc3C2=O)o1. The highest BCUT2D eigenvalue weighted by Crippen LogP contribution is 2.26. The number of hydrogen-bond donors (Lipinski definition) is 0. The fourth-order valence-corrected chi connectivity index (χ4v) is 2.59. The van der Waals surface area contributed by atoms with E-state index in [1.165, 1.54) is 23.9 Å². The number of aryl methyl sites for hydroxylation is 1. The minimum Gasteiger partial charge on any atom is -0.442 e. The van der Waals surface area contributed by atoms with Gasteiger partial charge in [-0.15, -0.1) is 0 Å². The Labute approximate surface area is 130 Å². The van der Waals surface area contributed by atoms with Gasteiger partial charge in [-0.3, -0.25) is 9.59 Å². The molecule has 2 amide bonds. The number of hydrogen-bond acceptors (Lipinski definition) is 6. The van der Waals surface area contributed by atoms with Crippen molar-refractivity contribution in [1.82, 2.24) is 5.06 Å². The standard InChI is InChI=1S/C15H11NO5S/c1-8-7-11(22-2)20-12(8)15(19)21-16-13(17)9-5-3-4-6-10(9)14(16)18/h3-7H,1-2H3. The van der Waals surface area contributed by atoms with Crippen LogP contribution in [0.15, 0.2) is 39.8 Å². The summed E-state index contributed by atoms with van der Waals surface area (Å²) in [6.07, 6.45) is 1.80. The van der Waals surface area contributed by atoms with Crippen molar-refractivity contribution in [3.05, 3.63) is 52.8 Å². The van der Waals surface area contributed by atoms with Crippen LogP contribution in [0.4, 0.5) is 0 Å². The fourth-order valence-electron chi connectivity index (χ4n) is 2.13. The molecule has 1 aliphatic rings. The van der Waals surface area contributed by atoms with Crippen LogP contribution in [0.25, 0.3) is 0 Å². The number of imide groups is 1. The lowest BCUT2D eigenvalue weighted by Gasteiger charge is -2.11. The summed E-state index contributed by atoms with van der Waals surface area (Å²) >= 11 is 1.33.